The van der Waals surface area contributed by atoms with Gasteiger partial charge in [0.05, 0.1) is 0 Å². The number of halogens is 3. The number of hydrogen-bond acceptors (Lipinski definition) is 4. The summed E-state index contributed by atoms with van der Waals surface area (Å²) in [5.74, 6) is 0.0597. The minimum absolute atomic E-state index is 0.0646. The van der Waals surface area contributed by atoms with Gasteiger partial charge in [0, 0.05) is 6.07 Å². The second-order valence-electron chi connectivity index (χ2n) is 4.16. The molecule has 0 N–H and O–H groups in total. The van der Waals surface area contributed by atoms with Gasteiger partial charge >= 0.3 is 11.1 Å². The Hall–Kier alpha value is -1.89. The molecule has 3 nitrogen and oxygen atoms in total. The van der Waals surface area contributed by atoms with Gasteiger partial charge in [0.1, 0.15) is 23.0 Å². The van der Waals surface area contributed by atoms with Gasteiger partial charge in [0.2, 0.25) is 0 Å². The standard InChI is InChI=1S/C14H11F3O3S/c1-9-7-11(19-8-10-5-3-2-4-6-10)12(13(18)20-9)21-14(15,16)17/h2-7H,8H2,1H3. The van der Waals surface area contributed by atoms with Crippen LogP contribution in [-0.4, -0.2) is 5.51 Å². The first-order valence-corrected chi connectivity index (χ1v) is 6.74. The van der Waals surface area contributed by atoms with Crippen LogP contribution in [0.5, 0.6) is 5.75 Å². The predicted molar refractivity (Wildman–Crippen MR) is 72.4 cm³/mol. The molecular formula is C14H11F3O3S. The summed E-state index contributed by atoms with van der Waals surface area (Å²) in [6, 6.07) is 10.2. The van der Waals surface area contributed by atoms with Gasteiger partial charge in [0.25, 0.3) is 0 Å². The third-order valence-electron chi connectivity index (χ3n) is 2.45. The lowest BCUT2D eigenvalue weighted by molar-refractivity contribution is -0.0330. The molecule has 1 heterocycles. The molecule has 21 heavy (non-hydrogen) atoms. The first-order valence-electron chi connectivity index (χ1n) is 5.92. The molecule has 0 saturated heterocycles. The van der Waals surface area contributed by atoms with Gasteiger partial charge in [-0.25, -0.2) is 4.79 Å². The van der Waals surface area contributed by atoms with Crippen LogP contribution in [0.25, 0.3) is 0 Å². The molecule has 1 aromatic heterocycles. The lowest BCUT2D eigenvalue weighted by atomic mass is 10.2. The van der Waals surface area contributed by atoms with E-state index in [1.54, 1.807) is 24.3 Å². The number of ether oxygens (including phenoxy) is 1. The lowest BCUT2D eigenvalue weighted by Gasteiger charge is -2.12. The average Bonchev–Trinajstić information content (AvgIpc) is 2.40. The zero-order valence-electron chi connectivity index (χ0n) is 10.9. The average molecular weight is 316 g/mol. The highest BCUT2D eigenvalue weighted by molar-refractivity contribution is 8.00. The minimum Gasteiger partial charge on any atom is -0.487 e. The van der Waals surface area contributed by atoms with Crippen molar-refractivity contribution in [3.05, 3.63) is 58.1 Å². The lowest BCUT2D eigenvalue weighted by Crippen LogP contribution is -2.11. The predicted octanol–water partition coefficient (Wildman–Crippen LogP) is 4.14. The smallest absolute Gasteiger partial charge is 0.446 e. The fourth-order valence-corrected chi connectivity index (χ4v) is 2.20. The summed E-state index contributed by atoms with van der Waals surface area (Å²) < 4.78 is 47.5. The van der Waals surface area contributed by atoms with Crippen molar-refractivity contribution >= 4 is 11.8 Å². The van der Waals surface area contributed by atoms with E-state index in [2.05, 4.69) is 0 Å². The van der Waals surface area contributed by atoms with Gasteiger partial charge in [-0.1, -0.05) is 30.3 Å². The Morgan fingerprint density at radius 1 is 1.24 bits per heavy atom. The maximum atomic E-state index is 12.5. The van der Waals surface area contributed by atoms with E-state index in [4.69, 9.17) is 9.15 Å². The highest BCUT2D eigenvalue weighted by Crippen LogP contribution is 2.39. The molecule has 0 aliphatic rings. The molecule has 0 spiro atoms. The van der Waals surface area contributed by atoms with Crippen molar-refractivity contribution in [2.75, 3.05) is 0 Å². The van der Waals surface area contributed by atoms with Crippen LogP contribution in [-0.2, 0) is 6.61 Å². The topological polar surface area (TPSA) is 39.4 Å². The molecule has 0 aliphatic heterocycles. The molecule has 0 unspecified atom stereocenters. The summed E-state index contributed by atoms with van der Waals surface area (Å²) in [6.07, 6.45) is 0. The monoisotopic (exact) mass is 316 g/mol. The van der Waals surface area contributed by atoms with E-state index in [1.165, 1.54) is 13.0 Å². The summed E-state index contributed by atoms with van der Waals surface area (Å²) in [7, 11) is 0. The number of aryl methyl sites for hydroxylation is 1. The zero-order valence-corrected chi connectivity index (χ0v) is 11.8. The van der Waals surface area contributed by atoms with Crippen LogP contribution >= 0.6 is 11.8 Å². The number of alkyl halides is 3. The van der Waals surface area contributed by atoms with E-state index in [9.17, 15) is 18.0 Å². The van der Waals surface area contributed by atoms with Crippen molar-refractivity contribution in [2.45, 2.75) is 23.9 Å². The van der Waals surface area contributed by atoms with Gasteiger partial charge in [-0.2, -0.15) is 13.2 Å². The molecule has 0 bridgehead atoms. The molecule has 0 amide bonds. The molecule has 7 heteroatoms. The fourth-order valence-electron chi connectivity index (χ4n) is 1.62. The van der Waals surface area contributed by atoms with E-state index in [1.807, 2.05) is 6.07 Å². The Kier molecular flexibility index (Phi) is 4.62. The molecule has 0 fully saturated rings. The molecule has 0 atom stereocenters. The summed E-state index contributed by atoms with van der Waals surface area (Å²) in [5, 5.41) is 0. The molecule has 0 radical (unpaired) electrons. The van der Waals surface area contributed by atoms with Crippen LogP contribution in [0.1, 0.15) is 11.3 Å². The summed E-state index contributed by atoms with van der Waals surface area (Å²) in [5.41, 5.74) is -4.86. The van der Waals surface area contributed by atoms with Gasteiger partial charge in [-0.05, 0) is 24.2 Å². The normalized spacial score (nSPS) is 11.4. The van der Waals surface area contributed by atoms with Crippen molar-refractivity contribution in [1.82, 2.24) is 0 Å². The first-order chi connectivity index (χ1) is 9.85. The number of hydrogen-bond donors (Lipinski definition) is 0. The maximum absolute atomic E-state index is 12.5. The van der Waals surface area contributed by atoms with Crippen LogP contribution in [0.15, 0.2) is 50.5 Å². The molecule has 0 saturated carbocycles. The van der Waals surface area contributed by atoms with Gasteiger partial charge < -0.3 is 9.15 Å². The van der Waals surface area contributed by atoms with Crippen molar-refractivity contribution in [3.8, 4) is 5.75 Å². The largest absolute Gasteiger partial charge is 0.487 e. The van der Waals surface area contributed by atoms with E-state index in [-0.39, 0.29) is 18.1 Å². The van der Waals surface area contributed by atoms with E-state index >= 15 is 0 Å². The molecule has 112 valence electrons. The minimum atomic E-state index is -4.59. The van der Waals surface area contributed by atoms with E-state index < -0.39 is 27.8 Å². The quantitative estimate of drug-likeness (QED) is 0.795. The van der Waals surface area contributed by atoms with Gasteiger partial charge in [0.15, 0.2) is 0 Å². The summed E-state index contributed by atoms with van der Waals surface area (Å²) >= 11 is -0.533. The van der Waals surface area contributed by atoms with Crippen molar-refractivity contribution in [1.29, 1.82) is 0 Å². The van der Waals surface area contributed by atoms with Crippen LogP contribution < -0.4 is 10.4 Å². The van der Waals surface area contributed by atoms with Gasteiger partial charge in [-0.15, -0.1) is 0 Å². The maximum Gasteiger partial charge on any atom is 0.446 e. The Morgan fingerprint density at radius 3 is 2.52 bits per heavy atom. The van der Waals surface area contributed by atoms with Crippen LogP contribution in [0.2, 0.25) is 0 Å². The number of rotatable bonds is 4. The van der Waals surface area contributed by atoms with Gasteiger partial charge in [-0.3, -0.25) is 0 Å². The Bertz CT molecular complexity index is 665. The molecule has 2 aromatic rings. The SMILES string of the molecule is Cc1cc(OCc2ccccc2)c(SC(F)(F)F)c(=O)o1. The highest BCUT2D eigenvalue weighted by atomic mass is 32.2. The highest BCUT2D eigenvalue weighted by Gasteiger charge is 2.33. The van der Waals surface area contributed by atoms with Crippen LogP contribution in [0.4, 0.5) is 13.2 Å². The molecular weight excluding hydrogens is 305 g/mol. The second-order valence-corrected chi connectivity index (χ2v) is 5.24. The Morgan fingerprint density at radius 2 is 1.90 bits per heavy atom. The zero-order chi connectivity index (χ0) is 15.5. The molecule has 1 aromatic carbocycles. The Balaban J connectivity index is 2.27. The number of benzene rings is 1. The summed E-state index contributed by atoms with van der Waals surface area (Å²) in [4.78, 5) is 11.0. The molecule has 2 rings (SSSR count). The van der Waals surface area contributed by atoms with Crippen LogP contribution in [0.3, 0.4) is 0 Å². The fraction of sp³-hybridized carbons (Fsp3) is 0.214. The number of thioether (sulfide) groups is 1. The Labute approximate surface area is 122 Å². The summed E-state index contributed by atoms with van der Waals surface area (Å²) in [6.45, 7) is 1.54. The molecule has 0 aliphatic carbocycles. The first kappa shape index (κ1) is 15.5. The second kappa shape index (κ2) is 6.26. The van der Waals surface area contributed by atoms with E-state index in [0.29, 0.717) is 0 Å². The third kappa shape index (κ3) is 4.56. The van der Waals surface area contributed by atoms with Crippen molar-refractivity contribution in [2.24, 2.45) is 0 Å². The van der Waals surface area contributed by atoms with E-state index in [0.717, 1.165) is 5.56 Å². The van der Waals surface area contributed by atoms with Crippen LogP contribution in [0, 0.1) is 6.92 Å². The van der Waals surface area contributed by atoms with Crippen molar-refractivity contribution < 1.29 is 22.3 Å². The van der Waals surface area contributed by atoms with Crippen molar-refractivity contribution in [3.63, 3.8) is 0 Å². The third-order valence-corrected chi connectivity index (χ3v) is 3.26.